The number of halogens is 4. The largest absolute Gasteiger partial charge is 0.481 e. The van der Waals surface area contributed by atoms with Crippen molar-refractivity contribution in [1.29, 1.82) is 0 Å². The third-order valence-corrected chi connectivity index (χ3v) is 4.19. The minimum atomic E-state index is -0.896. The van der Waals surface area contributed by atoms with E-state index >= 15 is 0 Å². The van der Waals surface area contributed by atoms with Gasteiger partial charge < -0.3 is 5.11 Å². The monoisotopic (exact) mass is 362 g/mol. The fraction of sp³-hybridized carbons (Fsp3) is 0.133. The molecule has 110 valence electrons. The van der Waals surface area contributed by atoms with Gasteiger partial charge in [0.2, 0.25) is 0 Å². The number of aliphatic carboxylic acids is 1. The Hall–Kier alpha value is -0.930. The molecule has 21 heavy (non-hydrogen) atoms. The molecule has 0 aliphatic heterocycles. The number of hydrogen-bond donors (Lipinski definition) is 1. The van der Waals surface area contributed by atoms with Gasteiger partial charge in [0.1, 0.15) is 0 Å². The highest BCUT2D eigenvalue weighted by Gasteiger charge is 2.13. The molecule has 0 spiro atoms. The van der Waals surface area contributed by atoms with Crippen LogP contribution in [0, 0.1) is 0 Å². The number of hydrogen-bond acceptors (Lipinski definition) is 1. The predicted octanol–water partition coefficient (Wildman–Crippen LogP) is 5.98. The number of benzene rings is 2. The molecule has 6 heteroatoms. The Balaban J connectivity index is 2.41. The summed E-state index contributed by atoms with van der Waals surface area (Å²) in [5.41, 5.74) is 2.13. The lowest BCUT2D eigenvalue weighted by atomic mass is 10.0. The summed E-state index contributed by atoms with van der Waals surface area (Å²) >= 11 is 24.4. The molecule has 0 heterocycles. The van der Waals surface area contributed by atoms with E-state index in [0.29, 0.717) is 25.7 Å². The molecule has 0 unspecified atom stereocenters. The van der Waals surface area contributed by atoms with Crippen LogP contribution >= 0.6 is 46.4 Å². The molecule has 0 atom stereocenters. The van der Waals surface area contributed by atoms with E-state index in [2.05, 4.69) is 0 Å². The Morgan fingerprint density at radius 2 is 1.57 bits per heavy atom. The van der Waals surface area contributed by atoms with Crippen molar-refractivity contribution in [2.24, 2.45) is 0 Å². The molecule has 0 amide bonds. The Morgan fingerprint density at radius 1 is 0.952 bits per heavy atom. The highest BCUT2D eigenvalue weighted by molar-refractivity contribution is 6.38. The Labute approximate surface area is 142 Å². The van der Waals surface area contributed by atoms with Crippen LogP contribution in [-0.4, -0.2) is 11.1 Å². The van der Waals surface area contributed by atoms with Crippen molar-refractivity contribution < 1.29 is 9.90 Å². The molecule has 1 N–H and O–H groups in total. The predicted molar refractivity (Wildman–Crippen MR) is 87.9 cm³/mol. The second-order valence-corrected chi connectivity index (χ2v) is 6.09. The molecule has 2 nitrogen and oxygen atoms in total. The smallest absolute Gasteiger partial charge is 0.303 e. The van der Waals surface area contributed by atoms with E-state index in [-0.39, 0.29) is 12.8 Å². The molecular weight excluding hydrogens is 354 g/mol. The first-order chi connectivity index (χ1) is 9.88. The van der Waals surface area contributed by atoms with Crippen molar-refractivity contribution in [2.45, 2.75) is 12.8 Å². The quantitative estimate of drug-likeness (QED) is 0.724. The van der Waals surface area contributed by atoms with Gasteiger partial charge in [0.25, 0.3) is 0 Å². The first-order valence-corrected chi connectivity index (χ1v) is 7.55. The zero-order valence-corrected chi connectivity index (χ0v) is 13.7. The second-order valence-electron chi connectivity index (χ2n) is 4.44. The molecule has 0 aliphatic rings. The minimum absolute atomic E-state index is 0.0273. The Kier molecular flexibility index (Phi) is 5.39. The number of carboxylic acid groups (broad SMARTS) is 1. The summed E-state index contributed by atoms with van der Waals surface area (Å²) in [6.45, 7) is 0. The fourth-order valence-electron chi connectivity index (χ4n) is 1.95. The lowest BCUT2D eigenvalue weighted by Gasteiger charge is -2.11. The van der Waals surface area contributed by atoms with Crippen LogP contribution in [-0.2, 0) is 11.2 Å². The number of rotatable bonds is 4. The van der Waals surface area contributed by atoms with E-state index in [4.69, 9.17) is 51.5 Å². The average molecular weight is 364 g/mol. The van der Waals surface area contributed by atoms with Crippen molar-refractivity contribution in [3.63, 3.8) is 0 Å². The molecular formula is C15H10Cl4O2. The molecule has 0 aliphatic carbocycles. The van der Waals surface area contributed by atoms with Gasteiger partial charge in [-0.25, -0.2) is 0 Å². The Morgan fingerprint density at radius 3 is 2.10 bits per heavy atom. The molecule has 0 saturated carbocycles. The summed E-state index contributed by atoms with van der Waals surface area (Å²) in [6.07, 6.45) is 0.252. The van der Waals surface area contributed by atoms with Gasteiger partial charge >= 0.3 is 5.97 Å². The average Bonchev–Trinajstić information content (AvgIpc) is 2.37. The first kappa shape index (κ1) is 16.4. The van der Waals surface area contributed by atoms with Crippen LogP contribution in [0.5, 0.6) is 0 Å². The minimum Gasteiger partial charge on any atom is -0.481 e. The van der Waals surface area contributed by atoms with Crippen LogP contribution in [0.4, 0.5) is 0 Å². The lowest BCUT2D eigenvalue weighted by Crippen LogP contribution is -1.99. The second kappa shape index (κ2) is 6.89. The van der Waals surface area contributed by atoms with Gasteiger partial charge in [-0.2, -0.15) is 0 Å². The van der Waals surface area contributed by atoms with Crippen molar-refractivity contribution in [2.75, 3.05) is 0 Å². The van der Waals surface area contributed by atoms with Crippen LogP contribution in [0.3, 0.4) is 0 Å². The summed E-state index contributed by atoms with van der Waals surface area (Å²) in [7, 11) is 0. The summed E-state index contributed by atoms with van der Waals surface area (Å²) in [6, 6.07) is 8.59. The summed E-state index contributed by atoms with van der Waals surface area (Å²) in [4.78, 5) is 10.6. The van der Waals surface area contributed by atoms with Gasteiger partial charge in [0.15, 0.2) is 0 Å². The van der Waals surface area contributed by atoms with Crippen molar-refractivity contribution in [3.8, 4) is 11.1 Å². The van der Waals surface area contributed by atoms with Crippen LogP contribution < -0.4 is 0 Å². The molecule has 0 bridgehead atoms. The summed E-state index contributed by atoms with van der Waals surface area (Å²) in [5.74, 6) is -0.896. The molecule has 0 radical (unpaired) electrons. The van der Waals surface area contributed by atoms with E-state index in [1.165, 1.54) is 0 Å². The standard InChI is InChI=1S/C15H10Cl4O2/c16-9-1-2-10(14(19)7-9)8-5-12(17)11(13(18)6-8)3-4-15(20)21/h1-2,5-7H,3-4H2,(H,20,21). The van der Waals surface area contributed by atoms with Crippen LogP contribution in [0.15, 0.2) is 30.3 Å². The van der Waals surface area contributed by atoms with Crippen molar-refractivity contribution >= 4 is 52.4 Å². The highest BCUT2D eigenvalue weighted by atomic mass is 35.5. The van der Waals surface area contributed by atoms with E-state index in [1.807, 2.05) is 0 Å². The summed E-state index contributed by atoms with van der Waals surface area (Å²) < 4.78 is 0. The van der Waals surface area contributed by atoms with Crippen LogP contribution in [0.1, 0.15) is 12.0 Å². The van der Waals surface area contributed by atoms with Crippen LogP contribution in [0.2, 0.25) is 20.1 Å². The third kappa shape index (κ3) is 4.04. The third-order valence-electron chi connectivity index (χ3n) is 2.97. The van der Waals surface area contributed by atoms with Gasteiger partial charge in [-0.15, -0.1) is 0 Å². The van der Waals surface area contributed by atoms with E-state index < -0.39 is 5.97 Å². The maximum atomic E-state index is 10.6. The van der Waals surface area contributed by atoms with Gasteiger partial charge in [0, 0.05) is 32.1 Å². The first-order valence-electron chi connectivity index (χ1n) is 6.03. The normalized spacial score (nSPS) is 10.7. The SMILES string of the molecule is O=C(O)CCc1c(Cl)cc(-c2ccc(Cl)cc2Cl)cc1Cl. The molecule has 2 aromatic carbocycles. The topological polar surface area (TPSA) is 37.3 Å². The highest BCUT2D eigenvalue weighted by Crippen LogP contribution is 2.36. The van der Waals surface area contributed by atoms with Crippen molar-refractivity contribution in [3.05, 3.63) is 56.0 Å². The maximum absolute atomic E-state index is 10.6. The molecule has 0 saturated heterocycles. The van der Waals surface area contributed by atoms with Gasteiger partial charge in [-0.3, -0.25) is 4.79 Å². The summed E-state index contributed by atoms with van der Waals surface area (Å²) in [5, 5.41) is 10.6. The molecule has 0 aromatic heterocycles. The van der Waals surface area contributed by atoms with E-state index in [0.717, 1.165) is 11.1 Å². The molecule has 2 aromatic rings. The van der Waals surface area contributed by atoms with Gasteiger partial charge in [-0.05, 0) is 41.8 Å². The number of carboxylic acids is 1. The van der Waals surface area contributed by atoms with Crippen LogP contribution in [0.25, 0.3) is 11.1 Å². The lowest BCUT2D eigenvalue weighted by molar-refractivity contribution is -0.136. The maximum Gasteiger partial charge on any atom is 0.303 e. The van der Waals surface area contributed by atoms with Gasteiger partial charge in [-0.1, -0.05) is 52.5 Å². The Bertz CT molecular complexity index is 675. The zero-order chi connectivity index (χ0) is 15.6. The van der Waals surface area contributed by atoms with Gasteiger partial charge in [0.05, 0.1) is 0 Å². The number of carbonyl (C=O) groups is 1. The molecule has 0 fully saturated rings. The zero-order valence-electron chi connectivity index (χ0n) is 10.7. The van der Waals surface area contributed by atoms with E-state index in [9.17, 15) is 4.79 Å². The van der Waals surface area contributed by atoms with Crippen molar-refractivity contribution in [1.82, 2.24) is 0 Å². The molecule has 2 rings (SSSR count). The fourth-order valence-corrected chi connectivity index (χ4v) is 3.15. The van der Waals surface area contributed by atoms with E-state index in [1.54, 1.807) is 30.3 Å².